The van der Waals surface area contributed by atoms with Crippen LogP contribution in [0.4, 0.5) is 11.4 Å². The average Bonchev–Trinajstić information content (AvgIpc) is 2.88. The van der Waals surface area contributed by atoms with Crippen molar-refractivity contribution in [2.24, 2.45) is 0 Å². The molecule has 6 heteroatoms. The molecule has 0 spiro atoms. The van der Waals surface area contributed by atoms with Gasteiger partial charge in [-0.1, -0.05) is 36.4 Å². The Bertz CT molecular complexity index is 1120. The number of piperidine rings is 1. The van der Waals surface area contributed by atoms with Gasteiger partial charge in [0.15, 0.2) is 0 Å². The van der Waals surface area contributed by atoms with Crippen LogP contribution in [0.5, 0.6) is 5.75 Å². The molecular weight excluding hydrogens is 414 g/mol. The van der Waals surface area contributed by atoms with Crippen LogP contribution in [0, 0.1) is 0 Å². The number of hydrogen-bond donors (Lipinski definition) is 1. The Morgan fingerprint density at radius 1 is 0.970 bits per heavy atom. The topological polar surface area (TPSA) is 61.9 Å². The molecule has 1 atom stereocenters. The van der Waals surface area contributed by atoms with Crippen LogP contribution < -0.4 is 19.9 Å². The summed E-state index contributed by atoms with van der Waals surface area (Å²) in [6.45, 7) is 1.63. The van der Waals surface area contributed by atoms with Crippen LogP contribution in [-0.4, -0.2) is 45.1 Å². The van der Waals surface area contributed by atoms with Crippen molar-refractivity contribution in [1.82, 2.24) is 5.32 Å². The largest absolute Gasteiger partial charge is 0.495 e. The zero-order valence-electron chi connectivity index (χ0n) is 19.0. The minimum absolute atomic E-state index is 0.0162. The van der Waals surface area contributed by atoms with Crippen molar-refractivity contribution in [3.8, 4) is 5.75 Å². The summed E-state index contributed by atoms with van der Waals surface area (Å²) >= 11 is 0. The Labute approximate surface area is 194 Å². The Balaban J connectivity index is 1.44. The second-order valence-electron chi connectivity index (χ2n) is 8.21. The Morgan fingerprint density at radius 2 is 1.70 bits per heavy atom. The standard InChI is InChI=1S/C27H29N3O3/c1-29(23-13-4-3-5-14-23)27(32)21-11-8-10-20(18-21)26(31)28-22-12-9-17-30(19-22)24-15-6-7-16-25(24)33-2/h3-8,10-11,13-16,18,22H,9,12,17,19H2,1-2H3,(H,28,31). The van der Waals surface area contributed by atoms with Crippen LogP contribution in [0.25, 0.3) is 0 Å². The molecule has 0 bridgehead atoms. The lowest BCUT2D eigenvalue weighted by Crippen LogP contribution is -2.48. The highest BCUT2D eigenvalue weighted by Crippen LogP contribution is 2.30. The molecule has 1 fully saturated rings. The molecule has 1 heterocycles. The van der Waals surface area contributed by atoms with Gasteiger partial charge in [0.05, 0.1) is 12.8 Å². The molecule has 2 amide bonds. The monoisotopic (exact) mass is 443 g/mol. The van der Waals surface area contributed by atoms with Crippen molar-refractivity contribution in [2.45, 2.75) is 18.9 Å². The molecule has 1 unspecified atom stereocenters. The minimum atomic E-state index is -0.168. The number of rotatable bonds is 6. The maximum Gasteiger partial charge on any atom is 0.258 e. The fraction of sp³-hybridized carbons (Fsp3) is 0.259. The van der Waals surface area contributed by atoms with Crippen LogP contribution >= 0.6 is 0 Å². The third kappa shape index (κ3) is 5.17. The van der Waals surface area contributed by atoms with Crippen molar-refractivity contribution in [3.63, 3.8) is 0 Å². The van der Waals surface area contributed by atoms with Gasteiger partial charge in [-0.3, -0.25) is 9.59 Å². The summed E-state index contributed by atoms with van der Waals surface area (Å²) in [5.74, 6) is 0.507. The molecule has 1 N–H and O–H groups in total. The molecule has 6 nitrogen and oxygen atoms in total. The first kappa shape index (κ1) is 22.4. The van der Waals surface area contributed by atoms with E-state index in [1.54, 1.807) is 43.3 Å². The molecule has 0 aliphatic carbocycles. The number of carbonyl (C=O) groups is 2. The summed E-state index contributed by atoms with van der Waals surface area (Å²) in [4.78, 5) is 29.8. The molecule has 33 heavy (non-hydrogen) atoms. The number of amides is 2. The fourth-order valence-electron chi connectivity index (χ4n) is 4.23. The maximum atomic E-state index is 13.0. The van der Waals surface area contributed by atoms with E-state index in [4.69, 9.17) is 4.74 Å². The first-order valence-corrected chi connectivity index (χ1v) is 11.2. The Hall–Kier alpha value is -3.80. The highest BCUT2D eigenvalue weighted by Gasteiger charge is 2.24. The van der Waals surface area contributed by atoms with Gasteiger partial charge < -0.3 is 19.9 Å². The highest BCUT2D eigenvalue weighted by molar-refractivity contribution is 6.07. The van der Waals surface area contributed by atoms with Gasteiger partial charge in [-0.15, -0.1) is 0 Å². The second kappa shape index (κ2) is 10.2. The van der Waals surface area contributed by atoms with Crippen molar-refractivity contribution >= 4 is 23.2 Å². The van der Waals surface area contributed by atoms with Crippen LogP contribution in [0.15, 0.2) is 78.9 Å². The van der Waals surface area contributed by atoms with Gasteiger partial charge in [0, 0.05) is 43.0 Å². The zero-order valence-corrected chi connectivity index (χ0v) is 19.0. The molecule has 0 aromatic heterocycles. The number of methoxy groups -OCH3 is 1. The summed E-state index contributed by atoms with van der Waals surface area (Å²) < 4.78 is 5.51. The molecule has 1 aliphatic rings. The Morgan fingerprint density at radius 3 is 2.48 bits per heavy atom. The lowest BCUT2D eigenvalue weighted by Gasteiger charge is -2.35. The number of anilines is 2. The Kier molecular flexibility index (Phi) is 6.93. The summed E-state index contributed by atoms with van der Waals surface area (Å²) in [7, 11) is 3.41. The molecule has 1 saturated heterocycles. The van der Waals surface area contributed by atoms with E-state index in [2.05, 4.69) is 10.2 Å². The van der Waals surface area contributed by atoms with Crippen molar-refractivity contribution in [2.75, 3.05) is 37.0 Å². The molecule has 3 aromatic carbocycles. The number of carbonyl (C=O) groups excluding carboxylic acids is 2. The van der Waals surface area contributed by atoms with Crippen LogP contribution in [0.1, 0.15) is 33.6 Å². The van der Waals surface area contributed by atoms with E-state index in [9.17, 15) is 9.59 Å². The summed E-state index contributed by atoms with van der Waals surface area (Å²) in [6, 6.07) is 24.3. The minimum Gasteiger partial charge on any atom is -0.495 e. The summed E-state index contributed by atoms with van der Waals surface area (Å²) in [5, 5.41) is 3.15. The van der Waals surface area contributed by atoms with Gasteiger partial charge in [-0.05, 0) is 55.3 Å². The van der Waals surface area contributed by atoms with Gasteiger partial charge in [-0.25, -0.2) is 0 Å². The fourth-order valence-corrected chi connectivity index (χ4v) is 4.23. The van der Waals surface area contributed by atoms with E-state index >= 15 is 0 Å². The first-order valence-electron chi connectivity index (χ1n) is 11.2. The lowest BCUT2D eigenvalue weighted by molar-refractivity contribution is 0.0933. The third-order valence-electron chi connectivity index (χ3n) is 6.00. The molecule has 1 aliphatic heterocycles. The smallest absolute Gasteiger partial charge is 0.258 e. The first-order chi connectivity index (χ1) is 16.1. The van der Waals surface area contributed by atoms with E-state index in [0.29, 0.717) is 17.7 Å². The van der Waals surface area contributed by atoms with Crippen LogP contribution in [0.2, 0.25) is 0 Å². The van der Waals surface area contributed by atoms with Gasteiger partial charge in [0.25, 0.3) is 11.8 Å². The molecular formula is C27H29N3O3. The molecule has 0 saturated carbocycles. The zero-order chi connectivity index (χ0) is 23.2. The van der Waals surface area contributed by atoms with E-state index < -0.39 is 0 Å². The van der Waals surface area contributed by atoms with Gasteiger partial charge in [0.2, 0.25) is 0 Å². The predicted molar refractivity (Wildman–Crippen MR) is 131 cm³/mol. The van der Waals surface area contributed by atoms with E-state index in [0.717, 1.165) is 36.5 Å². The van der Waals surface area contributed by atoms with Crippen LogP contribution in [0.3, 0.4) is 0 Å². The van der Waals surface area contributed by atoms with Gasteiger partial charge in [-0.2, -0.15) is 0 Å². The van der Waals surface area contributed by atoms with Crippen molar-refractivity contribution in [1.29, 1.82) is 0 Å². The van der Waals surface area contributed by atoms with E-state index in [1.165, 1.54) is 0 Å². The van der Waals surface area contributed by atoms with E-state index in [-0.39, 0.29) is 17.9 Å². The number of benzene rings is 3. The van der Waals surface area contributed by atoms with Crippen molar-refractivity contribution in [3.05, 3.63) is 90.0 Å². The molecule has 4 rings (SSSR count). The number of nitrogens with zero attached hydrogens (tertiary/aromatic N) is 2. The molecule has 0 radical (unpaired) electrons. The third-order valence-corrected chi connectivity index (χ3v) is 6.00. The quantitative estimate of drug-likeness (QED) is 0.615. The van der Waals surface area contributed by atoms with E-state index in [1.807, 2.05) is 54.6 Å². The van der Waals surface area contributed by atoms with Crippen LogP contribution in [-0.2, 0) is 0 Å². The number of ether oxygens (including phenoxy) is 1. The highest BCUT2D eigenvalue weighted by atomic mass is 16.5. The summed E-state index contributed by atoms with van der Waals surface area (Å²) in [6.07, 6.45) is 1.89. The molecule has 170 valence electrons. The predicted octanol–water partition coefficient (Wildman–Crippen LogP) is 4.37. The van der Waals surface area contributed by atoms with Gasteiger partial charge in [0.1, 0.15) is 5.75 Å². The number of para-hydroxylation sites is 3. The normalized spacial score (nSPS) is 15.6. The number of nitrogens with one attached hydrogen (secondary N) is 1. The van der Waals surface area contributed by atoms with Gasteiger partial charge >= 0.3 is 0 Å². The summed E-state index contributed by atoms with van der Waals surface area (Å²) in [5.41, 5.74) is 2.80. The second-order valence-corrected chi connectivity index (χ2v) is 8.21. The number of hydrogen-bond acceptors (Lipinski definition) is 4. The average molecular weight is 444 g/mol. The maximum absolute atomic E-state index is 13.0. The van der Waals surface area contributed by atoms with Crippen molar-refractivity contribution < 1.29 is 14.3 Å². The lowest BCUT2D eigenvalue weighted by atomic mass is 10.0. The SMILES string of the molecule is COc1ccccc1N1CCCC(NC(=O)c2cccc(C(=O)N(C)c3ccccc3)c2)C1. The molecule has 3 aromatic rings.